The SMILES string of the molecule is CCc1ccc(OCC(=O)N2CC(C)CC(C(=O)O)C2)cc1. The van der Waals surface area contributed by atoms with Crippen molar-refractivity contribution in [1.82, 2.24) is 4.90 Å². The highest BCUT2D eigenvalue weighted by atomic mass is 16.5. The van der Waals surface area contributed by atoms with Crippen LogP contribution in [0.1, 0.15) is 25.8 Å². The number of carboxylic acid groups (broad SMARTS) is 1. The van der Waals surface area contributed by atoms with Gasteiger partial charge in [-0.2, -0.15) is 0 Å². The third-order valence-corrected chi connectivity index (χ3v) is 4.06. The summed E-state index contributed by atoms with van der Waals surface area (Å²) in [7, 11) is 0. The number of benzene rings is 1. The van der Waals surface area contributed by atoms with Crippen molar-refractivity contribution in [3.05, 3.63) is 29.8 Å². The highest BCUT2D eigenvalue weighted by Gasteiger charge is 2.31. The second kappa shape index (κ2) is 7.29. The van der Waals surface area contributed by atoms with E-state index in [0.717, 1.165) is 6.42 Å². The number of piperidine rings is 1. The smallest absolute Gasteiger partial charge is 0.308 e. The van der Waals surface area contributed by atoms with Crippen molar-refractivity contribution in [3.63, 3.8) is 0 Å². The summed E-state index contributed by atoms with van der Waals surface area (Å²) >= 11 is 0. The number of rotatable bonds is 5. The number of hydrogen-bond acceptors (Lipinski definition) is 3. The molecule has 1 heterocycles. The Hall–Kier alpha value is -2.04. The number of aryl methyl sites for hydroxylation is 1. The quantitative estimate of drug-likeness (QED) is 0.905. The van der Waals surface area contributed by atoms with Crippen molar-refractivity contribution in [2.45, 2.75) is 26.7 Å². The van der Waals surface area contributed by atoms with Crippen LogP contribution in [0, 0.1) is 11.8 Å². The summed E-state index contributed by atoms with van der Waals surface area (Å²) in [5.41, 5.74) is 1.22. The van der Waals surface area contributed by atoms with E-state index in [1.54, 1.807) is 4.90 Å². The van der Waals surface area contributed by atoms with Gasteiger partial charge in [0.15, 0.2) is 6.61 Å². The fraction of sp³-hybridized carbons (Fsp3) is 0.529. The van der Waals surface area contributed by atoms with Crippen LogP contribution in [0.2, 0.25) is 0 Å². The Morgan fingerprint density at radius 1 is 1.27 bits per heavy atom. The zero-order valence-electron chi connectivity index (χ0n) is 13.1. The first-order valence-corrected chi connectivity index (χ1v) is 7.72. The number of likely N-dealkylation sites (tertiary alicyclic amines) is 1. The molecule has 0 aliphatic carbocycles. The molecule has 0 radical (unpaired) electrons. The molecular weight excluding hydrogens is 282 g/mol. The van der Waals surface area contributed by atoms with Crippen molar-refractivity contribution < 1.29 is 19.4 Å². The lowest BCUT2D eigenvalue weighted by Crippen LogP contribution is -2.47. The van der Waals surface area contributed by atoms with Crippen LogP contribution in [0.3, 0.4) is 0 Å². The molecule has 1 aliphatic heterocycles. The third-order valence-electron chi connectivity index (χ3n) is 4.06. The maximum atomic E-state index is 12.2. The number of amides is 1. The van der Waals surface area contributed by atoms with Gasteiger partial charge >= 0.3 is 5.97 Å². The van der Waals surface area contributed by atoms with E-state index in [9.17, 15) is 9.59 Å². The predicted molar refractivity (Wildman–Crippen MR) is 82.8 cm³/mol. The molecular formula is C17H23NO4. The molecule has 1 aliphatic rings. The van der Waals surface area contributed by atoms with E-state index in [0.29, 0.717) is 18.7 Å². The normalized spacial score (nSPS) is 21.5. The molecule has 5 heteroatoms. The molecule has 1 N–H and O–H groups in total. The summed E-state index contributed by atoms with van der Waals surface area (Å²) in [6, 6.07) is 7.66. The fourth-order valence-corrected chi connectivity index (χ4v) is 2.79. The highest BCUT2D eigenvalue weighted by molar-refractivity contribution is 5.79. The zero-order chi connectivity index (χ0) is 16.1. The summed E-state index contributed by atoms with van der Waals surface area (Å²) in [5, 5.41) is 9.14. The minimum atomic E-state index is -0.833. The first-order chi connectivity index (χ1) is 10.5. The molecule has 0 bridgehead atoms. The van der Waals surface area contributed by atoms with Gasteiger partial charge in [0, 0.05) is 13.1 Å². The number of hydrogen-bond donors (Lipinski definition) is 1. The Morgan fingerprint density at radius 3 is 2.55 bits per heavy atom. The van der Waals surface area contributed by atoms with Crippen LogP contribution in [0.15, 0.2) is 24.3 Å². The number of aliphatic carboxylic acids is 1. The molecule has 1 aromatic carbocycles. The molecule has 5 nitrogen and oxygen atoms in total. The molecule has 2 rings (SSSR count). The Bertz CT molecular complexity index is 526. The molecule has 1 aromatic rings. The Morgan fingerprint density at radius 2 is 1.95 bits per heavy atom. The molecule has 2 unspecified atom stereocenters. The standard InChI is InChI=1S/C17H23NO4/c1-3-13-4-6-15(7-5-13)22-11-16(19)18-9-12(2)8-14(10-18)17(20)21/h4-7,12,14H,3,8-11H2,1-2H3,(H,20,21). The number of carbonyl (C=O) groups is 2. The topological polar surface area (TPSA) is 66.8 Å². The number of nitrogens with zero attached hydrogens (tertiary/aromatic N) is 1. The average Bonchev–Trinajstić information content (AvgIpc) is 2.52. The molecule has 120 valence electrons. The van der Waals surface area contributed by atoms with Crippen molar-refractivity contribution in [1.29, 1.82) is 0 Å². The average molecular weight is 305 g/mol. The van der Waals surface area contributed by atoms with Gasteiger partial charge in [-0.3, -0.25) is 9.59 Å². The van der Waals surface area contributed by atoms with Crippen LogP contribution in [0.25, 0.3) is 0 Å². The minimum absolute atomic E-state index is 0.0511. The molecule has 1 amide bonds. The van der Waals surface area contributed by atoms with Gasteiger partial charge < -0.3 is 14.7 Å². The van der Waals surface area contributed by atoms with E-state index in [4.69, 9.17) is 9.84 Å². The number of ether oxygens (including phenoxy) is 1. The molecule has 22 heavy (non-hydrogen) atoms. The monoisotopic (exact) mass is 305 g/mol. The fourth-order valence-electron chi connectivity index (χ4n) is 2.79. The van der Waals surface area contributed by atoms with Gasteiger partial charge in [0.1, 0.15) is 5.75 Å². The maximum Gasteiger partial charge on any atom is 0.308 e. The van der Waals surface area contributed by atoms with Crippen molar-refractivity contribution in [2.24, 2.45) is 11.8 Å². The Balaban J connectivity index is 1.89. The predicted octanol–water partition coefficient (Wildman–Crippen LogP) is 2.20. The van der Waals surface area contributed by atoms with Gasteiger partial charge in [-0.1, -0.05) is 26.0 Å². The third kappa shape index (κ3) is 4.23. The summed E-state index contributed by atoms with van der Waals surface area (Å²) in [6.45, 7) is 4.87. The van der Waals surface area contributed by atoms with Crippen molar-refractivity contribution in [2.75, 3.05) is 19.7 Å². The van der Waals surface area contributed by atoms with E-state index < -0.39 is 11.9 Å². The maximum absolute atomic E-state index is 12.2. The number of carbonyl (C=O) groups excluding carboxylic acids is 1. The first-order valence-electron chi connectivity index (χ1n) is 7.72. The molecule has 0 aromatic heterocycles. The zero-order valence-corrected chi connectivity index (χ0v) is 13.1. The largest absolute Gasteiger partial charge is 0.484 e. The van der Waals surface area contributed by atoms with Gasteiger partial charge in [0.25, 0.3) is 5.91 Å². The minimum Gasteiger partial charge on any atom is -0.484 e. The van der Waals surface area contributed by atoms with E-state index in [1.165, 1.54) is 5.56 Å². The van der Waals surface area contributed by atoms with E-state index >= 15 is 0 Å². The molecule has 1 fully saturated rings. The van der Waals surface area contributed by atoms with Crippen LogP contribution < -0.4 is 4.74 Å². The molecule has 0 saturated carbocycles. The van der Waals surface area contributed by atoms with Gasteiger partial charge in [-0.05, 0) is 36.5 Å². The first kappa shape index (κ1) is 16.3. The van der Waals surface area contributed by atoms with Gasteiger partial charge in [0.05, 0.1) is 5.92 Å². The van der Waals surface area contributed by atoms with Crippen LogP contribution in [-0.2, 0) is 16.0 Å². The van der Waals surface area contributed by atoms with Crippen molar-refractivity contribution in [3.8, 4) is 5.75 Å². The van der Waals surface area contributed by atoms with E-state index in [-0.39, 0.29) is 25.0 Å². The molecule has 0 spiro atoms. The van der Waals surface area contributed by atoms with Crippen LogP contribution in [0.4, 0.5) is 0 Å². The summed E-state index contributed by atoms with van der Waals surface area (Å²) in [6.07, 6.45) is 1.58. The lowest BCUT2D eigenvalue weighted by atomic mass is 9.90. The lowest BCUT2D eigenvalue weighted by molar-refractivity contribution is -0.147. The van der Waals surface area contributed by atoms with Crippen LogP contribution in [0.5, 0.6) is 5.75 Å². The van der Waals surface area contributed by atoms with E-state index in [2.05, 4.69) is 6.92 Å². The van der Waals surface area contributed by atoms with Gasteiger partial charge in [-0.25, -0.2) is 0 Å². The van der Waals surface area contributed by atoms with Crippen molar-refractivity contribution >= 4 is 11.9 Å². The summed E-state index contributed by atoms with van der Waals surface area (Å²) < 4.78 is 5.51. The Kier molecular flexibility index (Phi) is 5.41. The Labute approximate surface area is 130 Å². The molecule has 1 saturated heterocycles. The summed E-state index contributed by atoms with van der Waals surface area (Å²) in [5.74, 6) is -0.609. The highest BCUT2D eigenvalue weighted by Crippen LogP contribution is 2.22. The summed E-state index contributed by atoms with van der Waals surface area (Å²) in [4.78, 5) is 25.0. The second-order valence-corrected chi connectivity index (χ2v) is 5.96. The van der Waals surface area contributed by atoms with Crippen LogP contribution >= 0.6 is 0 Å². The molecule has 2 atom stereocenters. The van der Waals surface area contributed by atoms with Crippen LogP contribution in [-0.4, -0.2) is 41.6 Å². The van der Waals surface area contributed by atoms with E-state index in [1.807, 2.05) is 31.2 Å². The number of carboxylic acids is 1. The lowest BCUT2D eigenvalue weighted by Gasteiger charge is -2.34. The second-order valence-electron chi connectivity index (χ2n) is 5.96. The van der Waals surface area contributed by atoms with Gasteiger partial charge in [-0.15, -0.1) is 0 Å². The van der Waals surface area contributed by atoms with Gasteiger partial charge in [0.2, 0.25) is 0 Å².